The average molecular weight is 402 g/mol. The van der Waals surface area contributed by atoms with E-state index in [1.54, 1.807) is 16.3 Å². The van der Waals surface area contributed by atoms with Crippen LogP contribution in [-0.4, -0.2) is 25.3 Å². The molecule has 0 fully saturated rings. The van der Waals surface area contributed by atoms with Crippen molar-refractivity contribution in [1.29, 1.82) is 0 Å². The molecule has 1 aromatic carbocycles. The molecule has 5 nitrogen and oxygen atoms in total. The molecule has 2 heterocycles. The third kappa shape index (κ3) is 3.71. The van der Waals surface area contributed by atoms with Crippen LogP contribution in [0.15, 0.2) is 40.2 Å². The Balaban J connectivity index is 1.71. The number of nitrogens with zero attached hydrogens (tertiary/aromatic N) is 4. The van der Waals surface area contributed by atoms with Gasteiger partial charge in [-0.15, -0.1) is 6.42 Å². The fourth-order valence-electron chi connectivity index (χ4n) is 2.35. The average Bonchev–Trinajstić information content (AvgIpc) is 2.90. The van der Waals surface area contributed by atoms with Gasteiger partial charge in [-0.25, -0.2) is 15.0 Å². The molecule has 24 heavy (non-hydrogen) atoms. The second-order valence-corrected chi connectivity index (χ2v) is 6.94. The van der Waals surface area contributed by atoms with Gasteiger partial charge in [-0.2, -0.15) is 0 Å². The van der Waals surface area contributed by atoms with E-state index in [9.17, 15) is 0 Å². The molecule has 2 N–H and O–H groups in total. The lowest BCUT2D eigenvalue weighted by molar-refractivity contribution is 0.820. The number of anilines is 1. The highest BCUT2D eigenvalue weighted by molar-refractivity contribution is 9.10. The summed E-state index contributed by atoms with van der Waals surface area (Å²) >= 11 is 4.98. The Labute approximate surface area is 153 Å². The molecular weight excluding hydrogens is 386 g/mol. The smallest absolute Gasteiger partial charge is 0.191 e. The first kappa shape index (κ1) is 16.8. The van der Waals surface area contributed by atoms with E-state index in [1.807, 2.05) is 6.07 Å². The van der Waals surface area contributed by atoms with Crippen LogP contribution in [0.5, 0.6) is 0 Å². The van der Waals surface area contributed by atoms with Gasteiger partial charge in [0, 0.05) is 5.75 Å². The zero-order valence-electron chi connectivity index (χ0n) is 12.9. The number of nitrogen functional groups attached to an aromatic ring is 1. The van der Waals surface area contributed by atoms with Gasteiger partial charge in [0.1, 0.15) is 0 Å². The molecule has 0 radical (unpaired) electrons. The minimum absolute atomic E-state index is 0.377. The summed E-state index contributed by atoms with van der Waals surface area (Å²) in [4.78, 5) is 13.2. The van der Waals surface area contributed by atoms with E-state index in [2.05, 4.69) is 61.1 Å². The summed E-state index contributed by atoms with van der Waals surface area (Å²) < 4.78 is 2.42. The van der Waals surface area contributed by atoms with Crippen LogP contribution < -0.4 is 5.73 Å². The molecule has 0 aliphatic heterocycles. The number of hydrogen-bond donors (Lipinski definition) is 1. The Morgan fingerprint density at radius 2 is 2.00 bits per heavy atom. The van der Waals surface area contributed by atoms with Crippen molar-refractivity contribution in [3.05, 3.63) is 40.6 Å². The summed E-state index contributed by atoms with van der Waals surface area (Å²) in [6.07, 6.45) is 7.49. The van der Waals surface area contributed by atoms with Gasteiger partial charge < -0.3 is 5.73 Å². The minimum atomic E-state index is 0.377. The van der Waals surface area contributed by atoms with Gasteiger partial charge >= 0.3 is 0 Å². The SMILES string of the molecule is C#CCn1c(Br)nc2c(N)nc(SCCCc3ccccc3)nc21. The van der Waals surface area contributed by atoms with Gasteiger partial charge in [-0.3, -0.25) is 4.57 Å². The molecule has 0 amide bonds. The Morgan fingerprint density at radius 3 is 2.75 bits per heavy atom. The zero-order valence-corrected chi connectivity index (χ0v) is 15.3. The first-order chi connectivity index (χ1) is 11.7. The maximum atomic E-state index is 6.02. The first-order valence-corrected chi connectivity index (χ1v) is 9.26. The molecule has 0 saturated carbocycles. The topological polar surface area (TPSA) is 69.6 Å². The standard InChI is InChI=1S/C17H16BrN5S/c1-2-10-23-15-13(20-16(23)18)14(19)21-17(22-15)24-11-6-9-12-7-4-3-5-8-12/h1,3-5,7-8H,6,9-11H2,(H2,19,21,22). The molecule has 0 bridgehead atoms. The molecule has 2 aromatic heterocycles. The number of nitrogens with two attached hydrogens (primary N) is 1. The largest absolute Gasteiger partial charge is 0.382 e. The highest BCUT2D eigenvalue weighted by Crippen LogP contribution is 2.25. The number of aromatic nitrogens is 4. The predicted octanol–water partition coefficient (Wildman–Crippen LogP) is 3.53. The highest BCUT2D eigenvalue weighted by Gasteiger charge is 2.14. The van der Waals surface area contributed by atoms with E-state index < -0.39 is 0 Å². The van der Waals surface area contributed by atoms with Crippen molar-refractivity contribution >= 4 is 44.7 Å². The fraction of sp³-hybridized carbons (Fsp3) is 0.235. The summed E-state index contributed by atoms with van der Waals surface area (Å²) in [5, 5.41) is 0.652. The van der Waals surface area contributed by atoms with Crippen LogP contribution in [0.4, 0.5) is 5.82 Å². The molecule has 0 saturated heterocycles. The fourth-order valence-corrected chi connectivity index (χ4v) is 3.61. The Hall–Kier alpha value is -2.04. The maximum Gasteiger partial charge on any atom is 0.191 e. The quantitative estimate of drug-likeness (QED) is 0.225. The summed E-state index contributed by atoms with van der Waals surface area (Å²) in [6, 6.07) is 10.4. The van der Waals surface area contributed by atoms with Gasteiger partial charge in [-0.05, 0) is 34.3 Å². The van der Waals surface area contributed by atoms with Crippen LogP contribution in [0.3, 0.4) is 0 Å². The monoisotopic (exact) mass is 401 g/mol. The number of hydrogen-bond acceptors (Lipinski definition) is 5. The third-order valence-electron chi connectivity index (χ3n) is 3.49. The number of halogens is 1. The van der Waals surface area contributed by atoms with Crippen molar-refractivity contribution in [2.24, 2.45) is 0 Å². The van der Waals surface area contributed by atoms with Crippen molar-refractivity contribution in [2.45, 2.75) is 24.5 Å². The Morgan fingerprint density at radius 1 is 1.21 bits per heavy atom. The number of benzene rings is 1. The van der Waals surface area contributed by atoms with Crippen LogP contribution in [0.2, 0.25) is 0 Å². The van der Waals surface area contributed by atoms with Gasteiger partial charge in [-0.1, -0.05) is 48.0 Å². The van der Waals surface area contributed by atoms with Crippen molar-refractivity contribution in [2.75, 3.05) is 11.5 Å². The Bertz CT molecular complexity index is 885. The normalized spacial score (nSPS) is 10.8. The zero-order chi connectivity index (χ0) is 16.9. The lowest BCUT2D eigenvalue weighted by Gasteiger charge is -2.04. The molecule has 0 unspecified atom stereocenters. The van der Waals surface area contributed by atoms with Crippen LogP contribution in [0.1, 0.15) is 12.0 Å². The Kier molecular flexibility index (Phi) is 5.38. The van der Waals surface area contributed by atoms with Gasteiger partial charge in [0.05, 0.1) is 6.54 Å². The van der Waals surface area contributed by atoms with E-state index in [1.165, 1.54) is 5.56 Å². The molecule has 0 aliphatic carbocycles. The molecule has 0 spiro atoms. The number of aryl methyl sites for hydroxylation is 1. The van der Waals surface area contributed by atoms with E-state index in [0.717, 1.165) is 18.6 Å². The van der Waals surface area contributed by atoms with Crippen LogP contribution in [0, 0.1) is 12.3 Å². The van der Waals surface area contributed by atoms with Crippen molar-refractivity contribution in [1.82, 2.24) is 19.5 Å². The lowest BCUT2D eigenvalue weighted by atomic mass is 10.1. The molecular formula is C17H16BrN5S. The van der Waals surface area contributed by atoms with E-state index in [4.69, 9.17) is 12.2 Å². The number of terminal acetylenes is 1. The van der Waals surface area contributed by atoms with E-state index >= 15 is 0 Å². The maximum absolute atomic E-state index is 6.02. The molecule has 3 rings (SSSR count). The first-order valence-electron chi connectivity index (χ1n) is 7.48. The number of fused-ring (bicyclic) bond motifs is 1. The predicted molar refractivity (Wildman–Crippen MR) is 102 cm³/mol. The molecule has 3 aromatic rings. The summed E-state index contributed by atoms with van der Waals surface area (Å²) in [5.74, 6) is 3.90. The number of rotatable bonds is 6. The summed E-state index contributed by atoms with van der Waals surface area (Å²) in [7, 11) is 0. The number of thioether (sulfide) groups is 1. The molecule has 0 atom stereocenters. The van der Waals surface area contributed by atoms with E-state index in [-0.39, 0.29) is 0 Å². The van der Waals surface area contributed by atoms with Crippen LogP contribution in [0.25, 0.3) is 11.2 Å². The second kappa shape index (κ2) is 7.69. The van der Waals surface area contributed by atoms with Crippen LogP contribution in [-0.2, 0) is 13.0 Å². The van der Waals surface area contributed by atoms with Gasteiger partial charge in [0.25, 0.3) is 0 Å². The highest BCUT2D eigenvalue weighted by atomic mass is 79.9. The van der Waals surface area contributed by atoms with Crippen molar-refractivity contribution < 1.29 is 0 Å². The third-order valence-corrected chi connectivity index (χ3v) is 5.03. The van der Waals surface area contributed by atoms with E-state index in [0.29, 0.717) is 33.4 Å². The molecule has 122 valence electrons. The van der Waals surface area contributed by atoms with Gasteiger partial charge in [0.15, 0.2) is 26.9 Å². The minimum Gasteiger partial charge on any atom is -0.382 e. The number of imidazole rings is 1. The van der Waals surface area contributed by atoms with Crippen molar-refractivity contribution in [3.8, 4) is 12.3 Å². The van der Waals surface area contributed by atoms with Crippen LogP contribution >= 0.6 is 27.7 Å². The summed E-state index contributed by atoms with van der Waals surface area (Å²) in [5.41, 5.74) is 8.60. The lowest BCUT2D eigenvalue weighted by Crippen LogP contribution is -2.01. The molecule has 7 heteroatoms. The van der Waals surface area contributed by atoms with Crippen molar-refractivity contribution in [3.63, 3.8) is 0 Å². The second-order valence-electron chi connectivity index (χ2n) is 5.17. The molecule has 0 aliphatic rings. The van der Waals surface area contributed by atoms with Gasteiger partial charge in [0.2, 0.25) is 0 Å². The summed E-state index contributed by atoms with van der Waals surface area (Å²) in [6.45, 7) is 0.381.